The molecule has 0 saturated heterocycles. The fraction of sp³-hybridized carbons (Fsp3) is 0.400. The maximum atomic E-state index is 5.97. The van der Waals surface area contributed by atoms with Gasteiger partial charge in [0.15, 0.2) is 0 Å². The molecule has 86 valence electrons. The van der Waals surface area contributed by atoms with E-state index in [-0.39, 0.29) is 0 Å². The second kappa shape index (κ2) is 3.88. The van der Waals surface area contributed by atoms with Gasteiger partial charge in [-0.25, -0.2) is 4.57 Å². The van der Waals surface area contributed by atoms with Crippen molar-refractivity contribution in [3.8, 4) is 0 Å². The minimum atomic E-state index is 0.563. The van der Waals surface area contributed by atoms with E-state index >= 15 is 0 Å². The molecule has 2 aromatic heterocycles. The van der Waals surface area contributed by atoms with E-state index in [2.05, 4.69) is 15.5 Å². The number of fused-ring (bicyclic) bond motifs is 1. The molecule has 0 amide bonds. The summed E-state index contributed by atoms with van der Waals surface area (Å²) in [4.78, 5) is 0. The molecule has 6 N–H and O–H groups in total. The summed E-state index contributed by atoms with van der Waals surface area (Å²) in [6, 6.07) is 1.89. The molecule has 2 rings (SSSR count). The minimum absolute atomic E-state index is 0.563. The molecular formula is C10H17N6+. The van der Waals surface area contributed by atoms with E-state index in [1.165, 1.54) is 0 Å². The first-order valence-corrected chi connectivity index (χ1v) is 5.38. The van der Waals surface area contributed by atoms with Crippen LogP contribution in [0.3, 0.4) is 0 Å². The Morgan fingerprint density at radius 1 is 1.44 bits per heavy atom. The van der Waals surface area contributed by atoms with Crippen LogP contribution in [0.15, 0.2) is 6.07 Å². The van der Waals surface area contributed by atoms with Crippen molar-refractivity contribution >= 4 is 28.4 Å². The van der Waals surface area contributed by atoms with Crippen molar-refractivity contribution in [2.24, 2.45) is 0 Å². The van der Waals surface area contributed by atoms with Gasteiger partial charge in [-0.05, 0) is 18.9 Å². The Morgan fingerprint density at radius 2 is 2.19 bits per heavy atom. The highest BCUT2D eigenvalue weighted by molar-refractivity contribution is 5.96. The van der Waals surface area contributed by atoms with Crippen molar-refractivity contribution < 1.29 is 4.57 Å². The Hall–Kier alpha value is -1.98. The number of hydrogen-bond acceptors (Lipinski definition) is 4. The standard InChI is InChI=1S/C10H16N6/c1-3-13-6-5-7(11)16(4-2)10-8(6)9(12)14-15-10/h5H,3-4H2,1-2H3,(H5,11,12,13,14,15)/p+1. The molecule has 0 aliphatic heterocycles. The van der Waals surface area contributed by atoms with Gasteiger partial charge in [-0.15, -0.1) is 0 Å². The first-order chi connectivity index (χ1) is 7.69. The lowest BCUT2D eigenvalue weighted by Gasteiger charge is -2.08. The summed E-state index contributed by atoms with van der Waals surface area (Å²) in [5.74, 6) is 1.24. The van der Waals surface area contributed by atoms with Crippen LogP contribution in [0.5, 0.6) is 0 Å². The molecule has 2 heterocycles. The van der Waals surface area contributed by atoms with E-state index in [1.54, 1.807) is 0 Å². The van der Waals surface area contributed by atoms with E-state index < -0.39 is 0 Å². The number of aromatic amines is 1. The molecule has 0 atom stereocenters. The minimum Gasteiger partial charge on any atom is -0.384 e. The lowest BCUT2D eigenvalue weighted by molar-refractivity contribution is -0.655. The average Bonchev–Trinajstić information content (AvgIpc) is 2.62. The van der Waals surface area contributed by atoms with Crippen LogP contribution in [0.1, 0.15) is 13.8 Å². The van der Waals surface area contributed by atoms with Gasteiger partial charge < -0.3 is 16.8 Å². The second-order valence-electron chi connectivity index (χ2n) is 3.59. The van der Waals surface area contributed by atoms with Gasteiger partial charge in [0.1, 0.15) is 11.2 Å². The number of aromatic nitrogens is 3. The van der Waals surface area contributed by atoms with E-state index in [9.17, 15) is 0 Å². The van der Waals surface area contributed by atoms with Crippen molar-refractivity contribution in [1.82, 2.24) is 10.2 Å². The van der Waals surface area contributed by atoms with Crippen molar-refractivity contribution in [1.29, 1.82) is 0 Å². The van der Waals surface area contributed by atoms with Crippen molar-refractivity contribution in [2.75, 3.05) is 23.3 Å². The maximum Gasteiger partial charge on any atom is 0.299 e. The number of aryl methyl sites for hydroxylation is 1. The third-order valence-electron chi connectivity index (χ3n) is 2.59. The normalized spacial score (nSPS) is 10.9. The van der Waals surface area contributed by atoms with E-state index in [4.69, 9.17) is 11.5 Å². The Kier molecular flexibility index (Phi) is 2.55. The van der Waals surface area contributed by atoms with Gasteiger partial charge in [-0.2, -0.15) is 5.10 Å². The molecule has 0 unspecified atom stereocenters. The molecule has 16 heavy (non-hydrogen) atoms. The SMILES string of the molecule is CCNc1cc(N)[n+](CC)c2n[nH]c(N)c12. The molecule has 0 spiro atoms. The van der Waals surface area contributed by atoms with Gasteiger partial charge in [0.05, 0.1) is 12.2 Å². The number of nitrogens with one attached hydrogen (secondary N) is 2. The predicted molar refractivity (Wildman–Crippen MR) is 65.0 cm³/mol. The summed E-state index contributed by atoms with van der Waals surface area (Å²) in [6.45, 7) is 5.63. The van der Waals surface area contributed by atoms with Gasteiger partial charge >= 0.3 is 0 Å². The zero-order valence-corrected chi connectivity index (χ0v) is 9.54. The molecule has 0 aliphatic carbocycles. The number of H-pyrrole nitrogens is 1. The molecule has 0 aliphatic rings. The highest BCUT2D eigenvalue weighted by atomic mass is 15.2. The Labute approximate surface area is 93.6 Å². The summed E-state index contributed by atoms with van der Waals surface area (Å²) in [5.41, 5.74) is 13.5. The molecule has 0 bridgehead atoms. The lowest BCUT2D eigenvalue weighted by Crippen LogP contribution is -2.37. The van der Waals surface area contributed by atoms with E-state index in [0.717, 1.165) is 29.8 Å². The largest absolute Gasteiger partial charge is 0.384 e. The van der Waals surface area contributed by atoms with Crippen LogP contribution < -0.4 is 21.4 Å². The molecule has 6 heteroatoms. The fourth-order valence-electron chi connectivity index (χ4n) is 1.89. The van der Waals surface area contributed by atoms with Crippen LogP contribution in [0.25, 0.3) is 11.0 Å². The maximum absolute atomic E-state index is 5.97. The molecule has 0 radical (unpaired) electrons. The number of nitrogens with zero attached hydrogens (tertiary/aromatic N) is 2. The zero-order valence-electron chi connectivity index (χ0n) is 9.54. The molecule has 0 aromatic carbocycles. The van der Waals surface area contributed by atoms with Gasteiger partial charge in [0.2, 0.25) is 5.82 Å². The van der Waals surface area contributed by atoms with Crippen LogP contribution in [0.4, 0.5) is 17.3 Å². The molecule has 2 aromatic rings. The van der Waals surface area contributed by atoms with Crippen molar-refractivity contribution in [3.63, 3.8) is 0 Å². The van der Waals surface area contributed by atoms with Crippen LogP contribution in [-0.2, 0) is 6.54 Å². The first-order valence-electron chi connectivity index (χ1n) is 5.38. The van der Waals surface area contributed by atoms with Crippen molar-refractivity contribution in [2.45, 2.75) is 20.4 Å². The quantitative estimate of drug-likeness (QED) is 0.566. The topological polar surface area (TPSA) is 96.6 Å². The first kappa shape index (κ1) is 10.5. The van der Waals surface area contributed by atoms with Gasteiger partial charge in [0, 0.05) is 12.6 Å². The summed E-state index contributed by atoms with van der Waals surface area (Å²) < 4.78 is 1.92. The number of pyridine rings is 1. The number of nitrogens with two attached hydrogens (primary N) is 2. The van der Waals surface area contributed by atoms with Gasteiger partial charge in [-0.1, -0.05) is 0 Å². The number of anilines is 3. The average molecular weight is 221 g/mol. The van der Waals surface area contributed by atoms with Gasteiger partial charge in [0.25, 0.3) is 5.65 Å². The predicted octanol–water partition coefficient (Wildman–Crippen LogP) is 0.466. The van der Waals surface area contributed by atoms with Crippen LogP contribution in [0, 0.1) is 0 Å². The lowest BCUT2D eigenvalue weighted by atomic mass is 10.2. The molecule has 0 saturated carbocycles. The van der Waals surface area contributed by atoms with Crippen LogP contribution in [-0.4, -0.2) is 16.7 Å². The van der Waals surface area contributed by atoms with Gasteiger partial charge in [-0.3, -0.25) is 0 Å². The van der Waals surface area contributed by atoms with Crippen LogP contribution >= 0.6 is 0 Å². The van der Waals surface area contributed by atoms with E-state index in [1.807, 2.05) is 24.5 Å². The molecular weight excluding hydrogens is 204 g/mol. The smallest absolute Gasteiger partial charge is 0.299 e. The summed E-state index contributed by atoms with van der Waals surface area (Å²) >= 11 is 0. The summed E-state index contributed by atoms with van der Waals surface area (Å²) in [5, 5.41) is 11.1. The summed E-state index contributed by atoms with van der Waals surface area (Å²) in [6.07, 6.45) is 0. The van der Waals surface area contributed by atoms with E-state index in [0.29, 0.717) is 11.6 Å². The summed E-state index contributed by atoms with van der Waals surface area (Å²) in [7, 11) is 0. The number of rotatable bonds is 3. The monoisotopic (exact) mass is 221 g/mol. The third-order valence-corrected chi connectivity index (χ3v) is 2.59. The third kappa shape index (κ3) is 1.42. The Morgan fingerprint density at radius 3 is 2.81 bits per heavy atom. The Balaban J connectivity index is 2.77. The van der Waals surface area contributed by atoms with Crippen molar-refractivity contribution in [3.05, 3.63) is 6.07 Å². The highest BCUT2D eigenvalue weighted by Gasteiger charge is 2.19. The Bertz CT molecular complexity index is 515. The number of nitrogen functional groups attached to an aromatic ring is 2. The molecule has 6 nitrogen and oxygen atoms in total. The molecule has 0 fully saturated rings. The second-order valence-corrected chi connectivity index (χ2v) is 3.59. The number of hydrogen-bond donors (Lipinski definition) is 4. The highest BCUT2D eigenvalue weighted by Crippen LogP contribution is 2.26. The fourth-order valence-corrected chi connectivity index (χ4v) is 1.89. The zero-order chi connectivity index (χ0) is 11.7. The van der Waals surface area contributed by atoms with Crippen LogP contribution in [0.2, 0.25) is 0 Å².